The second kappa shape index (κ2) is 8.79. The molecule has 0 atom stereocenters. The first-order valence-electron chi connectivity index (χ1n) is 7.82. The van der Waals surface area contributed by atoms with E-state index in [-0.39, 0.29) is 41.8 Å². The van der Waals surface area contributed by atoms with Gasteiger partial charge >= 0.3 is 0 Å². The van der Waals surface area contributed by atoms with Crippen molar-refractivity contribution in [3.8, 4) is 0 Å². The van der Waals surface area contributed by atoms with Crippen LogP contribution in [0.5, 0.6) is 0 Å². The van der Waals surface area contributed by atoms with Crippen molar-refractivity contribution in [2.24, 2.45) is 5.92 Å². The van der Waals surface area contributed by atoms with E-state index in [0.29, 0.717) is 5.56 Å². The molecule has 24 heavy (non-hydrogen) atoms. The minimum Gasteiger partial charge on any atom is -0.355 e. The lowest BCUT2D eigenvalue weighted by molar-refractivity contribution is -0.123. The maximum atomic E-state index is 12.1. The lowest BCUT2D eigenvalue weighted by Gasteiger charge is -2.11. The number of nitrogens with one attached hydrogen (secondary N) is 3. The number of benzene rings is 1. The number of sulfonamides is 1. The third-order valence-electron chi connectivity index (χ3n) is 3.09. The third-order valence-corrected chi connectivity index (χ3v) is 4.56. The molecule has 7 nitrogen and oxygen atoms in total. The van der Waals surface area contributed by atoms with Crippen LogP contribution in [0.2, 0.25) is 0 Å². The van der Waals surface area contributed by atoms with E-state index in [4.69, 9.17) is 0 Å². The van der Waals surface area contributed by atoms with Gasteiger partial charge in [0.15, 0.2) is 0 Å². The Balaban J connectivity index is 2.61. The van der Waals surface area contributed by atoms with E-state index in [1.807, 2.05) is 13.8 Å². The third kappa shape index (κ3) is 6.29. The van der Waals surface area contributed by atoms with Gasteiger partial charge in [-0.2, -0.15) is 0 Å². The number of carbonyl (C=O) groups excluding carboxylic acids is 2. The van der Waals surface area contributed by atoms with Crippen molar-refractivity contribution in [3.63, 3.8) is 0 Å². The normalized spacial score (nSPS) is 11.6. The predicted octanol–water partition coefficient (Wildman–Crippen LogP) is 0.875. The van der Waals surface area contributed by atoms with Crippen LogP contribution in [0.25, 0.3) is 0 Å². The van der Waals surface area contributed by atoms with Crippen molar-refractivity contribution in [2.75, 3.05) is 13.1 Å². The molecule has 0 aliphatic heterocycles. The zero-order valence-electron chi connectivity index (χ0n) is 14.4. The van der Waals surface area contributed by atoms with Gasteiger partial charge in [-0.05, 0) is 38.1 Å². The highest BCUT2D eigenvalue weighted by Gasteiger charge is 2.15. The zero-order chi connectivity index (χ0) is 18.3. The minimum absolute atomic E-state index is 0.00336. The fraction of sp³-hybridized carbons (Fsp3) is 0.500. The van der Waals surface area contributed by atoms with E-state index in [1.54, 1.807) is 13.8 Å². The average molecular weight is 355 g/mol. The van der Waals surface area contributed by atoms with E-state index in [2.05, 4.69) is 15.4 Å². The number of amides is 2. The van der Waals surface area contributed by atoms with Crippen molar-refractivity contribution in [2.45, 2.75) is 38.6 Å². The van der Waals surface area contributed by atoms with E-state index in [0.717, 1.165) is 0 Å². The Hall–Kier alpha value is -1.93. The summed E-state index contributed by atoms with van der Waals surface area (Å²) in [4.78, 5) is 23.3. The van der Waals surface area contributed by atoms with Crippen LogP contribution in [0.4, 0.5) is 0 Å². The fourth-order valence-electron chi connectivity index (χ4n) is 1.79. The quantitative estimate of drug-likeness (QED) is 0.602. The molecule has 0 saturated heterocycles. The molecule has 0 radical (unpaired) electrons. The van der Waals surface area contributed by atoms with Gasteiger partial charge in [0.25, 0.3) is 5.91 Å². The minimum atomic E-state index is -3.68. The first-order chi connectivity index (χ1) is 11.1. The van der Waals surface area contributed by atoms with Gasteiger partial charge in [0, 0.05) is 30.6 Å². The Morgan fingerprint density at radius 2 is 1.58 bits per heavy atom. The molecule has 0 spiro atoms. The lowest BCUT2D eigenvalue weighted by atomic mass is 10.2. The number of hydrogen-bond acceptors (Lipinski definition) is 4. The van der Waals surface area contributed by atoms with Gasteiger partial charge < -0.3 is 10.6 Å². The van der Waals surface area contributed by atoms with Crippen LogP contribution in [0.1, 0.15) is 38.1 Å². The van der Waals surface area contributed by atoms with E-state index in [1.165, 1.54) is 24.3 Å². The van der Waals surface area contributed by atoms with Crippen LogP contribution >= 0.6 is 0 Å². The highest BCUT2D eigenvalue weighted by atomic mass is 32.2. The van der Waals surface area contributed by atoms with Crippen LogP contribution < -0.4 is 15.4 Å². The molecule has 1 rings (SSSR count). The molecule has 1 aromatic carbocycles. The van der Waals surface area contributed by atoms with Crippen molar-refractivity contribution < 1.29 is 18.0 Å². The van der Waals surface area contributed by atoms with Crippen molar-refractivity contribution in [1.82, 2.24) is 15.4 Å². The maximum absolute atomic E-state index is 12.1. The van der Waals surface area contributed by atoms with Crippen molar-refractivity contribution in [3.05, 3.63) is 29.8 Å². The van der Waals surface area contributed by atoms with Gasteiger partial charge in [0.05, 0.1) is 4.90 Å². The summed E-state index contributed by atoms with van der Waals surface area (Å²) in [6.07, 6.45) is 0. The number of hydrogen-bond donors (Lipinski definition) is 3. The monoisotopic (exact) mass is 355 g/mol. The van der Waals surface area contributed by atoms with Crippen molar-refractivity contribution in [1.29, 1.82) is 0 Å². The van der Waals surface area contributed by atoms with Crippen LogP contribution in [0, 0.1) is 5.92 Å². The first-order valence-corrected chi connectivity index (χ1v) is 9.30. The molecule has 3 N–H and O–H groups in total. The summed E-state index contributed by atoms with van der Waals surface area (Å²) < 4.78 is 26.7. The topological polar surface area (TPSA) is 104 Å². The standard InChI is InChI=1S/C16H25N3O4S/c1-11(2)15(20)17-9-10-18-24(22,23)14-7-5-13(6-8-14)16(21)19-12(3)4/h5-8,11-12,18H,9-10H2,1-4H3,(H,17,20)(H,19,21). The number of carbonyl (C=O) groups is 2. The number of rotatable bonds is 8. The second-order valence-corrected chi connectivity index (χ2v) is 7.76. The zero-order valence-corrected chi connectivity index (χ0v) is 15.2. The molecule has 8 heteroatoms. The molecule has 2 amide bonds. The van der Waals surface area contributed by atoms with Crippen molar-refractivity contribution >= 4 is 21.8 Å². The van der Waals surface area contributed by atoms with Crippen LogP contribution in [-0.4, -0.2) is 39.4 Å². The van der Waals surface area contributed by atoms with Gasteiger partial charge in [-0.3, -0.25) is 9.59 Å². The average Bonchev–Trinajstić information content (AvgIpc) is 2.50. The van der Waals surface area contributed by atoms with Gasteiger partial charge in [-0.25, -0.2) is 13.1 Å². The first kappa shape index (κ1) is 20.1. The molecule has 0 heterocycles. The summed E-state index contributed by atoms with van der Waals surface area (Å²) in [6.45, 7) is 7.52. The predicted molar refractivity (Wildman–Crippen MR) is 92.1 cm³/mol. The lowest BCUT2D eigenvalue weighted by Crippen LogP contribution is -2.36. The molecule has 0 aliphatic carbocycles. The van der Waals surface area contributed by atoms with E-state index < -0.39 is 10.0 Å². The smallest absolute Gasteiger partial charge is 0.251 e. The molecule has 134 valence electrons. The van der Waals surface area contributed by atoms with Gasteiger partial charge in [-0.15, -0.1) is 0 Å². The molecule has 0 saturated carbocycles. The highest BCUT2D eigenvalue weighted by molar-refractivity contribution is 7.89. The Labute approximate surface area is 143 Å². The fourth-order valence-corrected chi connectivity index (χ4v) is 2.82. The summed E-state index contributed by atoms with van der Waals surface area (Å²) in [6, 6.07) is 5.69. The molecule has 0 fully saturated rings. The van der Waals surface area contributed by atoms with Crippen LogP contribution in [0.3, 0.4) is 0 Å². The van der Waals surface area contributed by atoms with E-state index in [9.17, 15) is 18.0 Å². The van der Waals surface area contributed by atoms with Gasteiger partial charge in [-0.1, -0.05) is 13.8 Å². The molecule has 0 bridgehead atoms. The molecular weight excluding hydrogens is 330 g/mol. The Kier molecular flexibility index (Phi) is 7.37. The van der Waals surface area contributed by atoms with Gasteiger partial charge in [0.2, 0.25) is 15.9 Å². The summed E-state index contributed by atoms with van der Waals surface area (Å²) in [5, 5.41) is 5.36. The summed E-state index contributed by atoms with van der Waals surface area (Å²) in [7, 11) is -3.68. The van der Waals surface area contributed by atoms with Crippen LogP contribution in [-0.2, 0) is 14.8 Å². The Bertz CT molecular complexity index is 667. The molecule has 1 aromatic rings. The van der Waals surface area contributed by atoms with Crippen LogP contribution in [0.15, 0.2) is 29.2 Å². The maximum Gasteiger partial charge on any atom is 0.251 e. The largest absolute Gasteiger partial charge is 0.355 e. The Morgan fingerprint density at radius 1 is 1.00 bits per heavy atom. The second-order valence-electron chi connectivity index (χ2n) is 6.00. The van der Waals surface area contributed by atoms with E-state index >= 15 is 0 Å². The molecule has 0 unspecified atom stereocenters. The SMILES string of the molecule is CC(C)NC(=O)c1ccc(S(=O)(=O)NCCNC(=O)C(C)C)cc1. The molecule has 0 aliphatic rings. The molecule has 0 aromatic heterocycles. The summed E-state index contributed by atoms with van der Waals surface area (Å²) in [5.74, 6) is -0.529. The van der Waals surface area contributed by atoms with Gasteiger partial charge in [0.1, 0.15) is 0 Å². The molecular formula is C16H25N3O4S. The Morgan fingerprint density at radius 3 is 2.08 bits per heavy atom. The highest BCUT2D eigenvalue weighted by Crippen LogP contribution is 2.10. The summed E-state index contributed by atoms with van der Waals surface area (Å²) >= 11 is 0. The summed E-state index contributed by atoms with van der Waals surface area (Å²) in [5.41, 5.74) is 0.395.